The average molecular weight is 530 g/mol. The van der Waals surface area contributed by atoms with Gasteiger partial charge in [-0.1, -0.05) is 12.1 Å². The summed E-state index contributed by atoms with van der Waals surface area (Å²) in [6, 6.07) is 8.14. The monoisotopic (exact) mass is 530 g/mol. The van der Waals surface area contributed by atoms with Gasteiger partial charge in [0.2, 0.25) is 0 Å². The number of alkyl carbamates (subject to hydrolysis) is 1. The fourth-order valence-corrected chi connectivity index (χ4v) is 2.76. The molecule has 0 fully saturated rings. The van der Waals surface area contributed by atoms with Gasteiger partial charge in [-0.05, 0) is 52.7 Å². The Balaban J connectivity index is 0.00000450. The van der Waals surface area contributed by atoms with Crippen molar-refractivity contribution < 1.29 is 9.53 Å². The van der Waals surface area contributed by atoms with Crippen molar-refractivity contribution in [3.8, 4) is 0 Å². The maximum Gasteiger partial charge on any atom is 0.407 e. The molecule has 3 N–H and O–H groups in total. The number of aryl methyl sites for hydroxylation is 1. The maximum absolute atomic E-state index is 11.6. The summed E-state index contributed by atoms with van der Waals surface area (Å²) in [5.74, 6) is 0.792. The van der Waals surface area contributed by atoms with Gasteiger partial charge in [0.25, 0.3) is 0 Å². The normalized spacial score (nSPS) is 11.7. The van der Waals surface area contributed by atoms with Crippen molar-refractivity contribution >= 4 is 47.1 Å². The molecule has 0 bridgehead atoms. The van der Waals surface area contributed by atoms with Crippen LogP contribution in [-0.2, 0) is 11.3 Å². The van der Waals surface area contributed by atoms with Crippen LogP contribution in [0.2, 0.25) is 0 Å². The molecule has 0 aliphatic heterocycles. The molecule has 9 heteroatoms. The van der Waals surface area contributed by atoms with Crippen molar-refractivity contribution in [1.82, 2.24) is 25.5 Å². The fraction of sp³-hybridized carbons (Fsp3) is 0.571. The van der Waals surface area contributed by atoms with E-state index in [1.54, 1.807) is 0 Å². The molecule has 8 nitrogen and oxygen atoms in total. The van der Waals surface area contributed by atoms with Gasteiger partial charge in [0, 0.05) is 32.7 Å². The number of hydrogen-bond acceptors (Lipinski definition) is 4. The van der Waals surface area contributed by atoms with Gasteiger partial charge < -0.3 is 25.3 Å². The van der Waals surface area contributed by atoms with E-state index < -0.39 is 5.60 Å². The molecule has 0 aliphatic rings. The van der Waals surface area contributed by atoms with Crippen LogP contribution >= 0.6 is 24.0 Å². The first-order valence-corrected chi connectivity index (χ1v) is 10.3. The quantitative estimate of drug-likeness (QED) is 0.200. The van der Waals surface area contributed by atoms with Crippen molar-refractivity contribution in [1.29, 1.82) is 0 Å². The molecule has 2 aromatic rings. The minimum absolute atomic E-state index is 0. The first-order valence-electron chi connectivity index (χ1n) is 10.3. The number of rotatable bonds is 9. The van der Waals surface area contributed by atoms with E-state index in [-0.39, 0.29) is 30.1 Å². The number of para-hydroxylation sites is 2. The van der Waals surface area contributed by atoms with Crippen molar-refractivity contribution in [2.24, 2.45) is 4.99 Å². The summed E-state index contributed by atoms with van der Waals surface area (Å²) in [4.78, 5) is 20.7. The van der Waals surface area contributed by atoms with Gasteiger partial charge >= 0.3 is 6.09 Å². The molecule has 1 heterocycles. The van der Waals surface area contributed by atoms with Crippen molar-refractivity contribution in [3.63, 3.8) is 0 Å². The summed E-state index contributed by atoms with van der Waals surface area (Å²) in [5, 5.41) is 9.30. The summed E-state index contributed by atoms with van der Waals surface area (Å²) >= 11 is 0. The number of amides is 1. The number of ether oxygens (including phenoxy) is 1. The first kappa shape index (κ1) is 26.0. The third kappa shape index (κ3) is 9.64. The van der Waals surface area contributed by atoms with Gasteiger partial charge in [0.15, 0.2) is 5.96 Å². The van der Waals surface area contributed by atoms with Crippen LogP contribution in [0.5, 0.6) is 0 Å². The third-order valence-corrected chi connectivity index (χ3v) is 4.01. The van der Waals surface area contributed by atoms with E-state index in [2.05, 4.69) is 36.6 Å². The molecule has 30 heavy (non-hydrogen) atoms. The van der Waals surface area contributed by atoms with Crippen molar-refractivity contribution in [2.45, 2.75) is 52.7 Å². The Labute approximate surface area is 196 Å². The number of guanidine groups is 1. The lowest BCUT2D eigenvalue weighted by Crippen LogP contribution is -2.39. The number of imidazole rings is 1. The van der Waals surface area contributed by atoms with Gasteiger partial charge in [0.1, 0.15) is 5.60 Å². The Morgan fingerprint density at radius 1 is 1.13 bits per heavy atom. The second-order valence-electron chi connectivity index (χ2n) is 7.75. The van der Waals surface area contributed by atoms with E-state index in [0.29, 0.717) is 13.1 Å². The van der Waals surface area contributed by atoms with Gasteiger partial charge in [-0.3, -0.25) is 4.99 Å². The molecule has 0 atom stereocenters. The van der Waals surface area contributed by atoms with Crippen LogP contribution in [-0.4, -0.2) is 53.4 Å². The molecule has 2 rings (SSSR count). The summed E-state index contributed by atoms with van der Waals surface area (Å²) in [7, 11) is 0. The van der Waals surface area contributed by atoms with E-state index in [4.69, 9.17) is 4.74 Å². The van der Waals surface area contributed by atoms with E-state index in [1.807, 2.05) is 52.2 Å². The van der Waals surface area contributed by atoms with E-state index in [9.17, 15) is 4.79 Å². The highest BCUT2D eigenvalue weighted by atomic mass is 127. The van der Waals surface area contributed by atoms with E-state index in [0.717, 1.165) is 49.5 Å². The van der Waals surface area contributed by atoms with Gasteiger partial charge in [-0.15, -0.1) is 24.0 Å². The molecule has 1 aromatic carbocycles. The topological polar surface area (TPSA) is 92.6 Å². The molecular weight excluding hydrogens is 495 g/mol. The highest BCUT2D eigenvalue weighted by molar-refractivity contribution is 14.0. The maximum atomic E-state index is 11.6. The van der Waals surface area contributed by atoms with Crippen molar-refractivity contribution in [2.75, 3.05) is 26.2 Å². The summed E-state index contributed by atoms with van der Waals surface area (Å²) < 4.78 is 7.37. The molecule has 0 spiro atoms. The summed E-state index contributed by atoms with van der Waals surface area (Å²) in [5.41, 5.74) is 1.70. The Morgan fingerprint density at radius 2 is 1.87 bits per heavy atom. The van der Waals surface area contributed by atoms with E-state index in [1.165, 1.54) is 0 Å². The number of nitrogens with one attached hydrogen (secondary N) is 3. The summed E-state index contributed by atoms with van der Waals surface area (Å²) in [6.45, 7) is 11.3. The molecule has 0 unspecified atom stereocenters. The van der Waals surface area contributed by atoms with Crippen LogP contribution in [0, 0.1) is 0 Å². The Morgan fingerprint density at radius 3 is 2.60 bits per heavy atom. The zero-order valence-corrected chi connectivity index (χ0v) is 20.7. The average Bonchev–Trinajstić information content (AvgIpc) is 3.06. The smallest absolute Gasteiger partial charge is 0.407 e. The van der Waals surface area contributed by atoms with Gasteiger partial charge in [-0.25, -0.2) is 9.78 Å². The molecule has 0 aliphatic carbocycles. The highest BCUT2D eigenvalue weighted by Crippen LogP contribution is 2.12. The van der Waals surface area contributed by atoms with Crippen LogP contribution in [0.4, 0.5) is 4.79 Å². The molecule has 1 amide bonds. The van der Waals surface area contributed by atoms with Crippen LogP contribution in [0.3, 0.4) is 0 Å². The number of carbonyl (C=O) groups excluding carboxylic acids is 1. The minimum Gasteiger partial charge on any atom is -0.444 e. The van der Waals surface area contributed by atoms with Gasteiger partial charge in [-0.2, -0.15) is 0 Å². The zero-order chi connectivity index (χ0) is 21.1. The molecule has 1 aromatic heterocycles. The first-order chi connectivity index (χ1) is 13.9. The Hall–Kier alpha value is -2.04. The molecular formula is C21H35IN6O2. The number of aromatic nitrogens is 2. The predicted molar refractivity (Wildman–Crippen MR) is 133 cm³/mol. The number of fused-ring (bicyclic) bond motifs is 1. The second-order valence-corrected chi connectivity index (χ2v) is 7.75. The molecule has 0 radical (unpaired) electrons. The molecule has 168 valence electrons. The summed E-state index contributed by atoms with van der Waals surface area (Å²) in [6.07, 6.45) is 3.21. The Bertz CT molecular complexity index is 800. The van der Waals surface area contributed by atoms with Gasteiger partial charge in [0.05, 0.1) is 17.4 Å². The SMILES string of the molecule is CCNC(=NCCCn1cnc2ccccc21)NCCCNC(=O)OC(C)(C)C.I. The molecule has 0 saturated heterocycles. The highest BCUT2D eigenvalue weighted by Gasteiger charge is 2.15. The molecule has 0 saturated carbocycles. The standard InChI is InChI=1S/C21H34N6O2.HI/c1-5-22-19(23-12-8-13-25-20(28)29-21(2,3)4)24-14-9-15-27-16-26-17-10-6-7-11-18(17)27;/h6-7,10-11,16H,5,8-9,12-15H2,1-4H3,(H,25,28)(H2,22,23,24);1H. The number of benzene rings is 1. The van der Waals surface area contributed by atoms with Crippen LogP contribution in [0.25, 0.3) is 11.0 Å². The number of aliphatic imine (C=N–C) groups is 1. The van der Waals surface area contributed by atoms with E-state index >= 15 is 0 Å². The number of halogens is 1. The lowest BCUT2D eigenvalue weighted by molar-refractivity contribution is 0.0527. The van der Waals surface area contributed by atoms with Crippen LogP contribution in [0.1, 0.15) is 40.5 Å². The van der Waals surface area contributed by atoms with Crippen LogP contribution < -0.4 is 16.0 Å². The minimum atomic E-state index is -0.476. The number of nitrogens with zero attached hydrogens (tertiary/aromatic N) is 3. The lowest BCUT2D eigenvalue weighted by atomic mass is 10.2. The fourth-order valence-electron chi connectivity index (χ4n) is 2.76. The largest absolute Gasteiger partial charge is 0.444 e. The second kappa shape index (κ2) is 13.3. The number of carbonyl (C=O) groups is 1. The number of hydrogen-bond donors (Lipinski definition) is 3. The van der Waals surface area contributed by atoms with Crippen LogP contribution in [0.15, 0.2) is 35.6 Å². The zero-order valence-electron chi connectivity index (χ0n) is 18.4. The Kier molecular flexibility index (Phi) is 11.5. The predicted octanol–water partition coefficient (Wildman–Crippen LogP) is 3.51. The van der Waals surface area contributed by atoms with Crippen molar-refractivity contribution in [3.05, 3.63) is 30.6 Å². The lowest BCUT2D eigenvalue weighted by Gasteiger charge is -2.19. The third-order valence-electron chi connectivity index (χ3n) is 4.01.